The van der Waals surface area contributed by atoms with Gasteiger partial charge in [-0.15, -0.1) is 0 Å². The minimum absolute atomic E-state index is 0.0708. The second kappa shape index (κ2) is 8.36. The third kappa shape index (κ3) is 4.73. The number of halogens is 1. The van der Waals surface area contributed by atoms with E-state index in [1.165, 1.54) is 11.8 Å². The van der Waals surface area contributed by atoms with E-state index in [0.717, 1.165) is 5.56 Å². The highest BCUT2D eigenvalue weighted by molar-refractivity contribution is 6.33. The number of carbonyl (C=O) groups is 2. The molecule has 0 aliphatic rings. The average Bonchev–Trinajstić information content (AvgIpc) is 2.56. The summed E-state index contributed by atoms with van der Waals surface area (Å²) in [5.41, 5.74) is 1.35. The Labute approximate surface area is 146 Å². The molecule has 5 nitrogen and oxygen atoms in total. The van der Waals surface area contributed by atoms with Gasteiger partial charge in [-0.1, -0.05) is 41.9 Å². The molecule has 0 saturated carbocycles. The summed E-state index contributed by atoms with van der Waals surface area (Å²) in [6.45, 7) is 1.64. The van der Waals surface area contributed by atoms with Gasteiger partial charge in [0.25, 0.3) is 0 Å². The molecule has 0 heterocycles. The van der Waals surface area contributed by atoms with Crippen molar-refractivity contribution in [1.29, 1.82) is 0 Å². The van der Waals surface area contributed by atoms with Crippen molar-refractivity contribution in [1.82, 2.24) is 4.90 Å². The summed E-state index contributed by atoms with van der Waals surface area (Å²) >= 11 is 6.02. The quantitative estimate of drug-likeness (QED) is 0.872. The van der Waals surface area contributed by atoms with Crippen LogP contribution >= 0.6 is 11.6 Å². The van der Waals surface area contributed by atoms with Crippen LogP contribution in [-0.2, 0) is 16.1 Å². The molecule has 0 bridgehead atoms. The fraction of sp³-hybridized carbons (Fsp3) is 0.222. The number of ether oxygens (including phenoxy) is 1. The van der Waals surface area contributed by atoms with Crippen molar-refractivity contribution in [2.24, 2.45) is 0 Å². The number of hydrogen-bond acceptors (Lipinski definition) is 3. The predicted octanol–water partition coefficient (Wildman–Crippen LogP) is 3.34. The monoisotopic (exact) mass is 346 g/mol. The number of anilines is 1. The first-order chi connectivity index (χ1) is 11.5. The molecule has 1 N–H and O–H groups in total. The Balaban J connectivity index is 2.07. The highest BCUT2D eigenvalue weighted by Crippen LogP contribution is 2.21. The van der Waals surface area contributed by atoms with Gasteiger partial charge in [0.15, 0.2) is 0 Å². The van der Waals surface area contributed by atoms with Crippen molar-refractivity contribution in [3.8, 4) is 5.75 Å². The van der Waals surface area contributed by atoms with Gasteiger partial charge in [-0.2, -0.15) is 0 Å². The fourth-order valence-electron chi connectivity index (χ4n) is 2.24. The van der Waals surface area contributed by atoms with E-state index in [0.29, 0.717) is 16.5 Å². The summed E-state index contributed by atoms with van der Waals surface area (Å²) in [6, 6.07) is 14.3. The van der Waals surface area contributed by atoms with Gasteiger partial charge in [0.1, 0.15) is 12.3 Å². The molecule has 0 aliphatic heterocycles. The number of nitrogens with zero attached hydrogens (tertiary/aromatic N) is 1. The molecule has 0 atom stereocenters. The van der Waals surface area contributed by atoms with E-state index < -0.39 is 0 Å². The second-order valence-corrected chi connectivity index (χ2v) is 5.62. The molecule has 24 heavy (non-hydrogen) atoms. The van der Waals surface area contributed by atoms with E-state index >= 15 is 0 Å². The molecule has 2 amide bonds. The Morgan fingerprint density at radius 3 is 2.46 bits per heavy atom. The van der Waals surface area contributed by atoms with Crippen molar-refractivity contribution in [2.45, 2.75) is 13.5 Å². The van der Waals surface area contributed by atoms with Crippen LogP contribution in [0, 0.1) is 0 Å². The lowest BCUT2D eigenvalue weighted by Crippen LogP contribution is -2.36. The molecule has 0 radical (unpaired) electrons. The summed E-state index contributed by atoms with van der Waals surface area (Å²) < 4.78 is 5.29. The first kappa shape index (κ1) is 17.8. The van der Waals surface area contributed by atoms with Crippen LogP contribution in [-0.4, -0.2) is 30.4 Å². The molecule has 0 aromatic heterocycles. The highest BCUT2D eigenvalue weighted by Gasteiger charge is 2.16. The van der Waals surface area contributed by atoms with E-state index in [9.17, 15) is 9.59 Å². The molecule has 2 rings (SSSR count). The number of nitrogens with one attached hydrogen (secondary N) is 1. The van der Waals surface area contributed by atoms with Gasteiger partial charge in [0.2, 0.25) is 11.8 Å². The van der Waals surface area contributed by atoms with Crippen LogP contribution in [0.15, 0.2) is 48.5 Å². The third-order valence-corrected chi connectivity index (χ3v) is 3.81. The van der Waals surface area contributed by atoms with Gasteiger partial charge in [-0.3, -0.25) is 9.59 Å². The standard InChI is InChI=1S/C18H19ClN2O3/c1-13(22)21(11-14-7-3-6-10-17(14)24-2)12-18(23)20-16-9-5-4-8-15(16)19/h3-10H,11-12H2,1-2H3,(H,20,23). The maximum atomic E-state index is 12.2. The number of benzene rings is 2. The van der Waals surface area contributed by atoms with Crippen LogP contribution in [0.4, 0.5) is 5.69 Å². The smallest absolute Gasteiger partial charge is 0.244 e. The Morgan fingerprint density at radius 2 is 1.79 bits per heavy atom. The van der Waals surface area contributed by atoms with E-state index in [-0.39, 0.29) is 24.9 Å². The lowest BCUT2D eigenvalue weighted by atomic mass is 10.2. The molecule has 0 fully saturated rings. The van der Waals surface area contributed by atoms with Crippen molar-refractivity contribution in [3.05, 3.63) is 59.1 Å². The second-order valence-electron chi connectivity index (χ2n) is 5.21. The lowest BCUT2D eigenvalue weighted by Gasteiger charge is -2.22. The number of methoxy groups -OCH3 is 1. The Hall–Kier alpha value is -2.53. The lowest BCUT2D eigenvalue weighted by molar-refractivity contribution is -0.133. The fourth-order valence-corrected chi connectivity index (χ4v) is 2.43. The Morgan fingerprint density at radius 1 is 1.12 bits per heavy atom. The van der Waals surface area contributed by atoms with Crippen molar-refractivity contribution in [2.75, 3.05) is 19.0 Å². The van der Waals surface area contributed by atoms with Crippen molar-refractivity contribution in [3.63, 3.8) is 0 Å². The number of rotatable bonds is 6. The summed E-state index contributed by atoms with van der Waals surface area (Å²) in [5, 5.41) is 3.16. The van der Waals surface area contributed by atoms with Gasteiger partial charge in [-0.05, 0) is 18.2 Å². The van der Waals surface area contributed by atoms with Gasteiger partial charge in [-0.25, -0.2) is 0 Å². The summed E-state index contributed by atoms with van der Waals surface area (Å²) in [7, 11) is 1.57. The van der Waals surface area contributed by atoms with Gasteiger partial charge >= 0.3 is 0 Å². The average molecular weight is 347 g/mol. The van der Waals surface area contributed by atoms with Crippen LogP contribution in [0.25, 0.3) is 0 Å². The highest BCUT2D eigenvalue weighted by atomic mass is 35.5. The van der Waals surface area contributed by atoms with Crippen LogP contribution in [0.2, 0.25) is 5.02 Å². The number of carbonyl (C=O) groups excluding carboxylic acids is 2. The summed E-state index contributed by atoms with van der Waals surface area (Å²) in [5.74, 6) is 0.165. The maximum absolute atomic E-state index is 12.2. The normalized spacial score (nSPS) is 10.1. The molecule has 0 aliphatic carbocycles. The topological polar surface area (TPSA) is 58.6 Å². The molecule has 2 aromatic rings. The number of hydrogen-bond donors (Lipinski definition) is 1. The molecule has 0 spiro atoms. The third-order valence-electron chi connectivity index (χ3n) is 3.48. The summed E-state index contributed by atoms with van der Waals surface area (Å²) in [4.78, 5) is 25.6. The maximum Gasteiger partial charge on any atom is 0.244 e. The van der Waals surface area contributed by atoms with Crippen LogP contribution in [0.3, 0.4) is 0 Å². The summed E-state index contributed by atoms with van der Waals surface area (Å²) in [6.07, 6.45) is 0. The van der Waals surface area contributed by atoms with E-state index in [2.05, 4.69) is 5.32 Å². The molecule has 6 heteroatoms. The van der Waals surface area contributed by atoms with E-state index in [1.807, 2.05) is 24.3 Å². The first-order valence-electron chi connectivity index (χ1n) is 7.43. The van der Waals surface area contributed by atoms with Crippen molar-refractivity contribution >= 4 is 29.1 Å². The van der Waals surface area contributed by atoms with Crippen LogP contribution in [0.5, 0.6) is 5.75 Å². The largest absolute Gasteiger partial charge is 0.496 e. The molecular formula is C18H19ClN2O3. The molecule has 0 unspecified atom stereocenters. The zero-order valence-corrected chi connectivity index (χ0v) is 14.3. The van der Waals surface area contributed by atoms with E-state index in [1.54, 1.807) is 31.4 Å². The van der Waals surface area contributed by atoms with Crippen LogP contribution in [0.1, 0.15) is 12.5 Å². The van der Waals surface area contributed by atoms with Crippen molar-refractivity contribution < 1.29 is 14.3 Å². The number of amides is 2. The minimum Gasteiger partial charge on any atom is -0.496 e. The molecule has 0 saturated heterocycles. The minimum atomic E-state index is -0.312. The van der Waals surface area contributed by atoms with Gasteiger partial charge in [0.05, 0.1) is 17.8 Å². The van der Waals surface area contributed by atoms with E-state index in [4.69, 9.17) is 16.3 Å². The first-order valence-corrected chi connectivity index (χ1v) is 7.81. The zero-order valence-electron chi connectivity index (χ0n) is 13.6. The van der Waals surface area contributed by atoms with Gasteiger partial charge in [0, 0.05) is 19.0 Å². The Bertz CT molecular complexity index is 734. The van der Waals surface area contributed by atoms with Gasteiger partial charge < -0.3 is 15.0 Å². The number of para-hydroxylation sites is 2. The SMILES string of the molecule is COc1ccccc1CN(CC(=O)Nc1ccccc1Cl)C(C)=O. The predicted molar refractivity (Wildman–Crippen MR) is 94.2 cm³/mol. The zero-order chi connectivity index (χ0) is 17.5. The molecular weight excluding hydrogens is 328 g/mol. The molecule has 126 valence electrons. The van der Waals surface area contributed by atoms with Crippen LogP contribution < -0.4 is 10.1 Å². The molecule has 2 aromatic carbocycles. The Kier molecular flexibility index (Phi) is 6.21.